The number of amides is 2. The summed E-state index contributed by atoms with van der Waals surface area (Å²) < 4.78 is 10.0. The highest BCUT2D eigenvalue weighted by Gasteiger charge is 2.26. The number of urea groups is 1. The molecular formula is C16H19ClN4O3. The van der Waals surface area contributed by atoms with Crippen LogP contribution in [0.4, 0.5) is 16.4 Å². The average molecular weight is 351 g/mol. The van der Waals surface area contributed by atoms with Crippen molar-refractivity contribution in [1.82, 2.24) is 10.1 Å². The van der Waals surface area contributed by atoms with E-state index in [1.54, 1.807) is 36.3 Å². The minimum atomic E-state index is -0.144. The molecule has 1 aromatic heterocycles. The van der Waals surface area contributed by atoms with Gasteiger partial charge in [0.2, 0.25) is 5.88 Å². The number of nitrogens with two attached hydrogens (primary N) is 1. The minimum absolute atomic E-state index is 0.144. The van der Waals surface area contributed by atoms with E-state index in [-0.39, 0.29) is 11.9 Å². The van der Waals surface area contributed by atoms with Crippen LogP contribution in [-0.4, -0.2) is 36.3 Å². The molecule has 0 aliphatic carbocycles. The van der Waals surface area contributed by atoms with Gasteiger partial charge in [-0.1, -0.05) is 16.8 Å². The lowest BCUT2D eigenvalue weighted by Gasteiger charge is -2.31. The fourth-order valence-corrected chi connectivity index (χ4v) is 3.08. The quantitative estimate of drug-likeness (QED) is 0.885. The topological polar surface area (TPSA) is 93.6 Å². The van der Waals surface area contributed by atoms with Crippen molar-refractivity contribution >= 4 is 29.2 Å². The summed E-state index contributed by atoms with van der Waals surface area (Å²) >= 11 is 6.07. The third-order valence-corrected chi connectivity index (χ3v) is 4.45. The fourth-order valence-electron chi connectivity index (χ4n) is 2.82. The van der Waals surface area contributed by atoms with Crippen LogP contribution in [0.1, 0.15) is 24.5 Å². The second-order valence-electron chi connectivity index (χ2n) is 5.69. The standard InChI is InChI=1S/C16H19ClN4O3/c1-23-14-3-2-11(8-12(14)17)19-16(22)21-6-4-10(5-7-21)13-9-15(18)24-20-13/h2-3,8-10H,4-7,18H2,1H3,(H,19,22). The maximum absolute atomic E-state index is 12.4. The van der Waals surface area contributed by atoms with Crippen LogP contribution >= 0.6 is 11.6 Å². The number of nitrogens with zero attached hydrogens (tertiary/aromatic N) is 2. The van der Waals surface area contributed by atoms with E-state index in [1.807, 2.05) is 0 Å². The molecule has 1 aliphatic rings. The van der Waals surface area contributed by atoms with Gasteiger partial charge in [0.05, 0.1) is 17.8 Å². The predicted molar refractivity (Wildman–Crippen MR) is 91.5 cm³/mol. The molecule has 2 aromatic rings. The maximum Gasteiger partial charge on any atom is 0.321 e. The van der Waals surface area contributed by atoms with Gasteiger partial charge < -0.3 is 25.2 Å². The lowest BCUT2D eigenvalue weighted by molar-refractivity contribution is 0.193. The van der Waals surface area contributed by atoms with Crippen molar-refractivity contribution in [2.45, 2.75) is 18.8 Å². The van der Waals surface area contributed by atoms with E-state index in [2.05, 4.69) is 10.5 Å². The molecule has 128 valence electrons. The highest BCUT2D eigenvalue weighted by atomic mass is 35.5. The fraction of sp³-hybridized carbons (Fsp3) is 0.375. The number of nitrogens with one attached hydrogen (secondary N) is 1. The van der Waals surface area contributed by atoms with Crippen LogP contribution in [0.5, 0.6) is 5.75 Å². The second-order valence-corrected chi connectivity index (χ2v) is 6.10. The van der Waals surface area contributed by atoms with Crippen molar-refractivity contribution in [3.8, 4) is 5.75 Å². The van der Waals surface area contributed by atoms with Gasteiger partial charge in [0.25, 0.3) is 0 Å². The number of aromatic nitrogens is 1. The van der Waals surface area contributed by atoms with Crippen LogP contribution in [0, 0.1) is 0 Å². The molecule has 8 heteroatoms. The number of rotatable bonds is 3. The lowest BCUT2D eigenvalue weighted by atomic mass is 9.94. The monoisotopic (exact) mass is 350 g/mol. The second kappa shape index (κ2) is 7.00. The molecule has 1 aliphatic heterocycles. The van der Waals surface area contributed by atoms with Gasteiger partial charge in [-0.05, 0) is 31.0 Å². The molecule has 0 bridgehead atoms. The molecule has 1 aromatic carbocycles. The van der Waals surface area contributed by atoms with E-state index in [0.717, 1.165) is 18.5 Å². The van der Waals surface area contributed by atoms with Gasteiger partial charge >= 0.3 is 6.03 Å². The van der Waals surface area contributed by atoms with E-state index >= 15 is 0 Å². The number of methoxy groups -OCH3 is 1. The molecule has 7 nitrogen and oxygen atoms in total. The van der Waals surface area contributed by atoms with Gasteiger partial charge in [-0.15, -0.1) is 0 Å². The predicted octanol–water partition coefficient (Wildman–Crippen LogP) is 3.33. The van der Waals surface area contributed by atoms with Crippen molar-refractivity contribution in [3.63, 3.8) is 0 Å². The Morgan fingerprint density at radius 3 is 2.75 bits per heavy atom. The summed E-state index contributed by atoms with van der Waals surface area (Å²) in [5.74, 6) is 1.16. The number of halogens is 1. The third kappa shape index (κ3) is 3.56. The number of piperidine rings is 1. The molecule has 3 rings (SSSR count). The Morgan fingerprint density at radius 2 is 2.17 bits per heavy atom. The number of likely N-dealkylation sites (tertiary alicyclic amines) is 1. The van der Waals surface area contributed by atoms with E-state index in [1.165, 1.54) is 0 Å². The van der Waals surface area contributed by atoms with Crippen molar-refractivity contribution < 1.29 is 14.1 Å². The number of hydrogen-bond acceptors (Lipinski definition) is 5. The molecule has 3 N–H and O–H groups in total. The largest absolute Gasteiger partial charge is 0.495 e. The van der Waals surface area contributed by atoms with E-state index < -0.39 is 0 Å². The SMILES string of the molecule is COc1ccc(NC(=O)N2CCC(c3cc(N)on3)CC2)cc1Cl. The highest BCUT2D eigenvalue weighted by Crippen LogP contribution is 2.30. The first-order valence-electron chi connectivity index (χ1n) is 7.68. The van der Waals surface area contributed by atoms with Crippen molar-refractivity contribution in [3.05, 3.63) is 35.0 Å². The summed E-state index contributed by atoms with van der Waals surface area (Å²) in [6.45, 7) is 1.29. The Morgan fingerprint density at radius 1 is 1.42 bits per heavy atom. The van der Waals surface area contributed by atoms with Crippen molar-refractivity contribution in [2.24, 2.45) is 0 Å². The molecule has 0 saturated carbocycles. The van der Waals surface area contributed by atoms with Crippen LogP contribution in [0.2, 0.25) is 5.02 Å². The number of nitrogen functional groups attached to an aromatic ring is 1. The molecular weight excluding hydrogens is 332 g/mol. The van der Waals surface area contributed by atoms with Crippen molar-refractivity contribution in [2.75, 3.05) is 31.2 Å². The lowest BCUT2D eigenvalue weighted by Crippen LogP contribution is -2.40. The molecule has 0 unspecified atom stereocenters. The van der Waals surface area contributed by atoms with Gasteiger partial charge in [-0.2, -0.15) is 0 Å². The highest BCUT2D eigenvalue weighted by molar-refractivity contribution is 6.32. The number of anilines is 2. The first-order chi connectivity index (χ1) is 11.6. The van der Waals surface area contributed by atoms with Crippen LogP contribution in [0.3, 0.4) is 0 Å². The Bertz CT molecular complexity index is 726. The van der Waals surface area contributed by atoms with Crippen LogP contribution < -0.4 is 15.8 Å². The number of carbonyl (C=O) groups excluding carboxylic acids is 1. The Hall–Kier alpha value is -2.41. The zero-order chi connectivity index (χ0) is 17.1. The Labute approximate surface area is 144 Å². The first kappa shape index (κ1) is 16.4. The molecule has 1 fully saturated rings. The van der Waals surface area contributed by atoms with Crippen LogP contribution in [0.25, 0.3) is 0 Å². The number of carbonyl (C=O) groups is 1. The summed E-state index contributed by atoms with van der Waals surface area (Å²) in [6.07, 6.45) is 1.64. The summed E-state index contributed by atoms with van der Waals surface area (Å²) in [6, 6.07) is 6.75. The smallest absolute Gasteiger partial charge is 0.321 e. The summed E-state index contributed by atoms with van der Waals surface area (Å²) in [5, 5.41) is 7.27. The van der Waals surface area contributed by atoms with Crippen molar-refractivity contribution in [1.29, 1.82) is 0 Å². The van der Waals surface area contributed by atoms with E-state index in [4.69, 9.17) is 26.6 Å². The van der Waals surface area contributed by atoms with E-state index in [9.17, 15) is 4.79 Å². The molecule has 1 saturated heterocycles. The van der Waals surface area contributed by atoms with Gasteiger partial charge in [0.15, 0.2) is 0 Å². The summed E-state index contributed by atoms with van der Waals surface area (Å²) in [7, 11) is 1.55. The van der Waals surface area contributed by atoms with Crippen LogP contribution in [0.15, 0.2) is 28.8 Å². The van der Waals surface area contributed by atoms with Crippen LogP contribution in [-0.2, 0) is 0 Å². The Balaban J connectivity index is 1.56. The maximum atomic E-state index is 12.4. The minimum Gasteiger partial charge on any atom is -0.495 e. The van der Waals surface area contributed by atoms with Gasteiger partial charge in [-0.3, -0.25) is 0 Å². The zero-order valence-electron chi connectivity index (χ0n) is 13.3. The average Bonchev–Trinajstić information content (AvgIpc) is 3.02. The van der Waals surface area contributed by atoms with Gasteiger partial charge in [0, 0.05) is 30.8 Å². The van der Waals surface area contributed by atoms with Gasteiger partial charge in [-0.25, -0.2) is 4.79 Å². The molecule has 24 heavy (non-hydrogen) atoms. The summed E-state index contributed by atoms with van der Waals surface area (Å²) in [4.78, 5) is 14.1. The Kier molecular flexibility index (Phi) is 4.80. The molecule has 0 spiro atoms. The van der Waals surface area contributed by atoms with Gasteiger partial charge in [0.1, 0.15) is 5.75 Å². The number of benzene rings is 1. The normalized spacial score (nSPS) is 15.3. The molecule has 2 heterocycles. The number of hydrogen-bond donors (Lipinski definition) is 2. The third-order valence-electron chi connectivity index (χ3n) is 4.15. The molecule has 2 amide bonds. The molecule has 0 atom stereocenters. The molecule has 0 radical (unpaired) electrons. The summed E-state index contributed by atoms with van der Waals surface area (Å²) in [5.41, 5.74) is 7.05. The first-order valence-corrected chi connectivity index (χ1v) is 8.06. The number of ether oxygens (including phenoxy) is 1. The van der Waals surface area contributed by atoms with E-state index in [0.29, 0.717) is 35.4 Å². The zero-order valence-corrected chi connectivity index (χ0v) is 14.0.